The van der Waals surface area contributed by atoms with Crippen molar-refractivity contribution in [2.75, 3.05) is 28.4 Å². The number of hydrazine groups is 2. The Bertz CT molecular complexity index is 2890. The number of halogens is 3. The number of hydrogen-bond donors (Lipinski definition) is 6. The van der Waals surface area contributed by atoms with Crippen LogP contribution in [0.2, 0.25) is 0 Å². The van der Waals surface area contributed by atoms with Gasteiger partial charge in [0.15, 0.2) is 0 Å². The Morgan fingerprint density at radius 2 is 1.42 bits per heavy atom. The molecule has 19 nitrogen and oxygen atoms in total. The number of aromatic nitrogens is 7. The molecule has 5 aromatic heterocycles. The second-order valence-electron chi connectivity index (χ2n) is 16.5. The normalized spacial score (nSPS) is 11.8. The number of rotatable bonds is 16. The fourth-order valence-electron chi connectivity index (χ4n) is 6.44. The molecule has 1 aromatic carbocycles. The monoisotopic (exact) mass is 916 g/mol. The van der Waals surface area contributed by atoms with Crippen molar-refractivity contribution < 1.29 is 27.6 Å². The van der Waals surface area contributed by atoms with E-state index in [1.807, 2.05) is 0 Å². The average Bonchev–Trinajstić information content (AvgIpc) is 3.72. The zero-order valence-corrected chi connectivity index (χ0v) is 37.1. The fourth-order valence-corrected chi connectivity index (χ4v) is 6.44. The number of ketones is 1. The molecule has 0 radical (unpaired) electrons. The molecule has 0 unspecified atom stereocenters. The van der Waals surface area contributed by atoms with E-state index in [0.717, 1.165) is 12.1 Å². The molecule has 6 aromatic rings. The molecule has 6 rings (SSSR count). The Hall–Kier alpha value is -8.11. The van der Waals surface area contributed by atoms with Crippen molar-refractivity contribution in [1.82, 2.24) is 34.5 Å². The summed E-state index contributed by atoms with van der Waals surface area (Å²) in [4.78, 5) is 68.2. The number of nitrogens with two attached hydrogens (primary N) is 3. The van der Waals surface area contributed by atoms with E-state index in [2.05, 4.69) is 40.2 Å². The summed E-state index contributed by atoms with van der Waals surface area (Å²) in [6.07, 6.45) is 7.81. The number of amidine groups is 1. The van der Waals surface area contributed by atoms with Gasteiger partial charge in [-0.05, 0) is 55.8 Å². The van der Waals surface area contributed by atoms with Crippen LogP contribution in [0.4, 0.5) is 30.2 Å². The summed E-state index contributed by atoms with van der Waals surface area (Å²) >= 11 is 0. The zero-order valence-electron chi connectivity index (χ0n) is 37.1. The second-order valence-corrected chi connectivity index (χ2v) is 16.5. The maximum absolute atomic E-state index is 14.0. The smallest absolute Gasteiger partial charge is 0.387 e. The van der Waals surface area contributed by atoms with Crippen LogP contribution < -0.4 is 32.8 Å². The quantitative estimate of drug-likeness (QED) is 0.0310. The maximum atomic E-state index is 14.0. The van der Waals surface area contributed by atoms with E-state index in [9.17, 15) is 27.6 Å². The molecule has 0 saturated heterocycles. The number of nitrogens with one attached hydrogen (secondary N) is 3. The summed E-state index contributed by atoms with van der Waals surface area (Å²) in [5, 5.41) is 22.6. The number of imidazole rings is 1. The van der Waals surface area contributed by atoms with Crippen molar-refractivity contribution in [3.8, 4) is 5.69 Å². The van der Waals surface area contributed by atoms with E-state index in [-0.39, 0.29) is 77.2 Å². The maximum Gasteiger partial charge on any atom is 0.416 e. The molecule has 67 heavy (non-hydrogen) atoms. The highest BCUT2D eigenvalue weighted by atomic mass is 19.4. The molecule has 5 heterocycles. The number of aryl methyl sites for hydroxylation is 2. The minimum atomic E-state index is -4.73. The first kappa shape index (κ1) is 48.3. The number of nitrogens with zero attached hydrogens (tertiary/aromatic N) is 10. The first-order chi connectivity index (χ1) is 31.5. The standard InChI is InChI=1S/C45H47F3N16O3/c1-25-20-62(24-59-25)34-11-32(45(46,47)48)10-33(12-34)60-42(66)30-9-39(64(53)22-36(50)31-16-55-23-56-17-31)37(58-19-30)7-27-6-28(15-54-14-27)35(49)21-63(52)38-8-29(18-57-26(38)2)43(67)61-41(51)13-40(65)44(3,4)5/h6,8-12,14-20,23-24,49-50H,7,13,21-22,52-53H2,1-5H3,(H,60,66)(H2,51,61,67). The van der Waals surface area contributed by atoms with E-state index in [1.165, 1.54) is 76.4 Å². The summed E-state index contributed by atoms with van der Waals surface area (Å²) in [5.41, 5.74) is 7.52. The highest BCUT2D eigenvalue weighted by Crippen LogP contribution is 2.33. The molecule has 346 valence electrons. The Kier molecular flexibility index (Phi) is 14.4. The van der Waals surface area contributed by atoms with Crippen molar-refractivity contribution in [1.29, 1.82) is 10.8 Å². The third-order valence-electron chi connectivity index (χ3n) is 10.2. The van der Waals surface area contributed by atoms with Crippen LogP contribution >= 0.6 is 0 Å². The van der Waals surface area contributed by atoms with Crippen molar-refractivity contribution >= 4 is 51.9 Å². The molecular formula is C45H47F3N16O3. The first-order valence-electron chi connectivity index (χ1n) is 20.4. The van der Waals surface area contributed by atoms with E-state index >= 15 is 0 Å². The van der Waals surface area contributed by atoms with E-state index < -0.39 is 29.0 Å². The van der Waals surface area contributed by atoms with Crippen LogP contribution in [0.1, 0.15) is 87.2 Å². The number of anilines is 3. The topological polar surface area (TPSA) is 290 Å². The SMILES string of the molecule is Cc1cn(-c2cc(NC(=O)c3cnc(Cc4cncc(C(=N)CN(N)c5cc(C(=O)N=C(N)CC(=O)C(C)(C)C)cnc5C)c4)c(N(N)CC(=N)c4cncnc4)c3)cc(C(F)(F)F)c2)cn1. The van der Waals surface area contributed by atoms with E-state index in [1.54, 1.807) is 53.1 Å². The number of hydrogen-bond acceptors (Lipinski definition) is 15. The third kappa shape index (κ3) is 12.4. The van der Waals surface area contributed by atoms with Crippen LogP contribution in [-0.2, 0) is 17.4 Å². The fraction of sp³-hybridized carbons (Fsp3) is 0.244. The lowest BCUT2D eigenvalue weighted by Crippen LogP contribution is -2.37. The van der Waals surface area contributed by atoms with E-state index in [4.69, 9.17) is 28.2 Å². The number of amides is 2. The molecule has 0 atom stereocenters. The lowest BCUT2D eigenvalue weighted by molar-refractivity contribution is -0.137. The van der Waals surface area contributed by atoms with Crippen molar-refractivity contribution in [3.63, 3.8) is 0 Å². The van der Waals surface area contributed by atoms with Gasteiger partial charge in [-0.25, -0.2) is 26.6 Å². The Balaban J connectivity index is 1.24. The minimum Gasteiger partial charge on any atom is -0.387 e. The highest BCUT2D eigenvalue weighted by molar-refractivity contribution is 6.09. The Labute approximate surface area is 382 Å². The number of benzene rings is 1. The molecule has 0 aliphatic rings. The van der Waals surface area contributed by atoms with Crippen molar-refractivity contribution in [3.05, 3.63) is 143 Å². The van der Waals surface area contributed by atoms with Gasteiger partial charge in [0.25, 0.3) is 11.8 Å². The summed E-state index contributed by atoms with van der Waals surface area (Å²) in [6, 6.07) is 7.70. The number of carbonyl (C=O) groups is 3. The second kappa shape index (κ2) is 20.0. The molecule has 0 aliphatic carbocycles. The van der Waals surface area contributed by atoms with Gasteiger partial charge in [-0.15, -0.1) is 0 Å². The molecule has 0 spiro atoms. The Morgan fingerprint density at radius 1 is 0.776 bits per heavy atom. The zero-order chi connectivity index (χ0) is 48.8. The summed E-state index contributed by atoms with van der Waals surface area (Å²) in [7, 11) is 0. The van der Waals surface area contributed by atoms with Gasteiger partial charge in [-0.3, -0.25) is 29.3 Å². The first-order valence-corrected chi connectivity index (χ1v) is 20.4. The number of alkyl halides is 3. The van der Waals surface area contributed by atoms with Gasteiger partial charge in [0, 0.05) is 77.7 Å². The van der Waals surface area contributed by atoms with Crippen LogP contribution in [0.5, 0.6) is 0 Å². The average molecular weight is 917 g/mol. The number of carbonyl (C=O) groups excluding carboxylic acids is 3. The van der Waals surface area contributed by atoms with Crippen LogP contribution in [-0.4, -0.2) is 82.4 Å². The van der Waals surface area contributed by atoms with E-state index in [0.29, 0.717) is 39.5 Å². The van der Waals surface area contributed by atoms with Crippen LogP contribution in [0.25, 0.3) is 5.69 Å². The third-order valence-corrected chi connectivity index (χ3v) is 10.2. The van der Waals surface area contributed by atoms with Crippen LogP contribution in [0.15, 0.2) is 97.4 Å². The molecule has 0 saturated carbocycles. The highest BCUT2D eigenvalue weighted by Gasteiger charge is 2.32. The molecule has 0 bridgehead atoms. The van der Waals surface area contributed by atoms with Crippen molar-refractivity contribution in [2.24, 2.45) is 27.8 Å². The van der Waals surface area contributed by atoms with Crippen LogP contribution in [0.3, 0.4) is 0 Å². The van der Waals surface area contributed by atoms with Gasteiger partial charge in [0.1, 0.15) is 17.9 Å². The lowest BCUT2D eigenvalue weighted by Gasteiger charge is -2.23. The van der Waals surface area contributed by atoms with Gasteiger partial charge in [0.05, 0.1) is 82.4 Å². The van der Waals surface area contributed by atoms with Gasteiger partial charge >= 0.3 is 6.18 Å². The minimum absolute atomic E-state index is 0.0309. The summed E-state index contributed by atoms with van der Waals surface area (Å²) in [6.45, 7) is 8.24. The molecule has 2 amide bonds. The lowest BCUT2D eigenvalue weighted by atomic mass is 9.89. The van der Waals surface area contributed by atoms with Crippen molar-refractivity contribution in [2.45, 2.75) is 53.6 Å². The van der Waals surface area contributed by atoms with Gasteiger partial charge in [-0.1, -0.05) is 20.8 Å². The van der Waals surface area contributed by atoms with Gasteiger partial charge < -0.3 is 36.5 Å². The predicted octanol–water partition coefficient (Wildman–Crippen LogP) is 5.33. The van der Waals surface area contributed by atoms with Crippen LogP contribution in [0, 0.1) is 30.1 Å². The molecule has 0 aliphatic heterocycles. The number of pyridine rings is 3. The van der Waals surface area contributed by atoms with Gasteiger partial charge in [0.2, 0.25) is 0 Å². The summed E-state index contributed by atoms with van der Waals surface area (Å²) < 4.78 is 43.4. The predicted molar refractivity (Wildman–Crippen MR) is 245 cm³/mol. The number of Topliss-reactive ketones (excluding diaryl/α,β-unsaturated/α-hetero) is 1. The molecule has 9 N–H and O–H groups in total. The Morgan fingerprint density at radius 3 is 2.07 bits per heavy atom. The summed E-state index contributed by atoms with van der Waals surface area (Å²) in [5.74, 6) is 11.2. The molecular weight excluding hydrogens is 870 g/mol. The molecule has 22 heteroatoms. The molecule has 0 fully saturated rings. The largest absolute Gasteiger partial charge is 0.416 e. The number of aliphatic imine (C=N–C) groups is 1. The van der Waals surface area contributed by atoms with Gasteiger partial charge in [-0.2, -0.15) is 18.2 Å².